The Hall–Kier alpha value is -1.00. The topological polar surface area (TPSA) is 44.2 Å². The zero-order valence-electron chi connectivity index (χ0n) is 11.0. The van der Waals surface area contributed by atoms with Gasteiger partial charge in [0.05, 0.1) is 0 Å². The van der Waals surface area contributed by atoms with Gasteiger partial charge in [0.2, 0.25) is 0 Å². The van der Waals surface area contributed by atoms with E-state index in [-0.39, 0.29) is 11.7 Å². The van der Waals surface area contributed by atoms with Crippen LogP contribution in [0, 0.1) is 0 Å². The van der Waals surface area contributed by atoms with Crippen molar-refractivity contribution in [3.05, 3.63) is 35.9 Å². The summed E-state index contributed by atoms with van der Waals surface area (Å²) in [7, 11) is 0. The molecule has 3 N–H and O–H groups in total. The van der Waals surface area contributed by atoms with Crippen molar-refractivity contribution in [1.82, 2.24) is 6.15 Å². The highest BCUT2D eigenvalue weighted by atomic mass is 19.3. The van der Waals surface area contributed by atoms with Crippen LogP contribution in [0.2, 0.25) is 0 Å². The third kappa shape index (κ3) is 6.07. The van der Waals surface area contributed by atoms with Gasteiger partial charge >= 0.3 is 0 Å². The Kier molecular flexibility index (Phi) is 8.50. The summed E-state index contributed by atoms with van der Waals surface area (Å²) in [6.45, 7) is 2.01. The predicted molar refractivity (Wildman–Crippen MR) is 70.3 cm³/mol. The Bertz CT molecular complexity index is 304. The van der Waals surface area contributed by atoms with Gasteiger partial charge in [-0.1, -0.05) is 56.5 Å². The summed E-state index contributed by atoms with van der Waals surface area (Å²) in [4.78, 5) is 0. The second-order valence-corrected chi connectivity index (χ2v) is 4.18. The molecule has 0 amide bonds. The molecule has 0 fully saturated rings. The molecule has 0 aliphatic carbocycles. The zero-order chi connectivity index (χ0) is 12.6. The smallest absolute Gasteiger partial charge is 0.296 e. The van der Waals surface area contributed by atoms with Crippen molar-refractivity contribution in [2.45, 2.75) is 38.5 Å². The molecule has 104 valence electrons. The molecule has 0 radical (unpaired) electrons. The van der Waals surface area contributed by atoms with Gasteiger partial charge in [0, 0.05) is 12.2 Å². The molecule has 4 heteroatoms. The second-order valence-electron chi connectivity index (χ2n) is 4.18. The molecule has 0 unspecified atom stereocenters. The van der Waals surface area contributed by atoms with Crippen LogP contribution in [-0.2, 0) is 10.7 Å². The SMILES string of the molecule is CCCCCCOCC(F)(F)c1ccccc1.N. The lowest BCUT2D eigenvalue weighted by atomic mass is 10.1. The fourth-order valence-electron chi connectivity index (χ4n) is 1.60. The Labute approximate surface area is 108 Å². The van der Waals surface area contributed by atoms with Crippen LogP contribution in [0.15, 0.2) is 30.3 Å². The third-order valence-electron chi connectivity index (χ3n) is 2.62. The predicted octanol–water partition coefficient (Wildman–Crippen LogP) is 4.54. The van der Waals surface area contributed by atoms with E-state index in [1.54, 1.807) is 18.2 Å². The van der Waals surface area contributed by atoms with Gasteiger partial charge in [0.1, 0.15) is 6.61 Å². The van der Waals surface area contributed by atoms with Gasteiger partial charge in [-0.2, -0.15) is 8.78 Å². The molecule has 0 heterocycles. The van der Waals surface area contributed by atoms with Crippen molar-refractivity contribution in [3.63, 3.8) is 0 Å². The highest BCUT2D eigenvalue weighted by molar-refractivity contribution is 5.19. The number of unbranched alkanes of at least 4 members (excludes halogenated alkanes) is 3. The molecule has 1 aromatic rings. The lowest BCUT2D eigenvalue weighted by Crippen LogP contribution is -2.21. The van der Waals surface area contributed by atoms with Gasteiger partial charge in [0.25, 0.3) is 5.92 Å². The number of alkyl halides is 2. The normalized spacial score (nSPS) is 11.1. The average molecular weight is 259 g/mol. The van der Waals surface area contributed by atoms with E-state index in [0.717, 1.165) is 25.7 Å². The van der Waals surface area contributed by atoms with E-state index in [9.17, 15) is 8.78 Å². The summed E-state index contributed by atoms with van der Waals surface area (Å²) < 4.78 is 32.3. The molecular weight excluding hydrogens is 236 g/mol. The summed E-state index contributed by atoms with van der Waals surface area (Å²) in [5, 5.41) is 0. The number of rotatable bonds is 8. The molecule has 18 heavy (non-hydrogen) atoms. The van der Waals surface area contributed by atoms with Crippen molar-refractivity contribution in [2.24, 2.45) is 0 Å². The van der Waals surface area contributed by atoms with E-state index in [1.807, 2.05) is 0 Å². The molecule has 0 saturated heterocycles. The summed E-state index contributed by atoms with van der Waals surface area (Å²) >= 11 is 0. The van der Waals surface area contributed by atoms with E-state index < -0.39 is 12.5 Å². The first-order chi connectivity index (χ1) is 8.17. The van der Waals surface area contributed by atoms with Crippen molar-refractivity contribution >= 4 is 0 Å². The fourth-order valence-corrected chi connectivity index (χ4v) is 1.60. The summed E-state index contributed by atoms with van der Waals surface area (Å²) in [5.74, 6) is -2.88. The first kappa shape index (κ1) is 17.0. The molecule has 0 saturated carbocycles. The Balaban J connectivity index is 0.00000289. The number of halogens is 2. The van der Waals surface area contributed by atoms with Gasteiger partial charge in [-0.3, -0.25) is 0 Å². The number of ether oxygens (including phenoxy) is 1. The molecule has 0 aromatic heterocycles. The van der Waals surface area contributed by atoms with Crippen LogP contribution < -0.4 is 6.15 Å². The quantitative estimate of drug-likeness (QED) is 0.697. The van der Waals surface area contributed by atoms with E-state index in [4.69, 9.17) is 4.74 Å². The monoisotopic (exact) mass is 259 g/mol. The molecule has 0 atom stereocenters. The van der Waals surface area contributed by atoms with Gasteiger partial charge in [-0.15, -0.1) is 0 Å². The maximum absolute atomic E-state index is 13.6. The molecule has 0 bridgehead atoms. The van der Waals surface area contributed by atoms with Crippen LogP contribution in [-0.4, -0.2) is 13.2 Å². The highest BCUT2D eigenvalue weighted by Crippen LogP contribution is 2.27. The average Bonchev–Trinajstić information content (AvgIpc) is 2.35. The molecule has 1 aromatic carbocycles. The van der Waals surface area contributed by atoms with Gasteiger partial charge in [-0.05, 0) is 6.42 Å². The number of hydrogen-bond donors (Lipinski definition) is 1. The van der Waals surface area contributed by atoms with Crippen molar-refractivity contribution in [3.8, 4) is 0 Å². The molecule has 0 spiro atoms. The molecule has 0 aliphatic rings. The highest BCUT2D eigenvalue weighted by Gasteiger charge is 2.31. The lowest BCUT2D eigenvalue weighted by molar-refractivity contribution is -0.0831. The first-order valence-corrected chi connectivity index (χ1v) is 6.18. The maximum Gasteiger partial charge on any atom is 0.296 e. The Morgan fingerprint density at radius 3 is 2.33 bits per heavy atom. The molecule has 1 rings (SSSR count). The van der Waals surface area contributed by atoms with E-state index >= 15 is 0 Å². The minimum atomic E-state index is -2.88. The van der Waals surface area contributed by atoms with Crippen molar-refractivity contribution < 1.29 is 13.5 Å². The van der Waals surface area contributed by atoms with Gasteiger partial charge in [-0.25, -0.2) is 0 Å². The van der Waals surface area contributed by atoms with Crippen LogP contribution in [0.25, 0.3) is 0 Å². The second kappa shape index (κ2) is 9.00. The molecule has 0 aliphatic heterocycles. The van der Waals surface area contributed by atoms with Crippen molar-refractivity contribution in [2.75, 3.05) is 13.2 Å². The Morgan fingerprint density at radius 2 is 1.72 bits per heavy atom. The van der Waals surface area contributed by atoms with Crippen LogP contribution >= 0.6 is 0 Å². The lowest BCUT2D eigenvalue weighted by Gasteiger charge is -2.16. The minimum Gasteiger partial charge on any atom is -0.375 e. The van der Waals surface area contributed by atoms with E-state index in [1.165, 1.54) is 12.1 Å². The van der Waals surface area contributed by atoms with Gasteiger partial charge in [0.15, 0.2) is 0 Å². The van der Waals surface area contributed by atoms with Crippen LogP contribution in [0.3, 0.4) is 0 Å². The Morgan fingerprint density at radius 1 is 1.06 bits per heavy atom. The summed E-state index contributed by atoms with van der Waals surface area (Å²) in [5.41, 5.74) is 0.0218. The fraction of sp³-hybridized carbons (Fsp3) is 0.571. The molecular formula is C14H23F2NO. The third-order valence-corrected chi connectivity index (χ3v) is 2.62. The van der Waals surface area contributed by atoms with Crippen LogP contribution in [0.5, 0.6) is 0 Å². The number of benzene rings is 1. The summed E-state index contributed by atoms with van der Waals surface area (Å²) in [6.07, 6.45) is 4.19. The standard InChI is InChI=1S/C14H20F2O.H3N/c1-2-3-4-8-11-17-12-14(15,16)13-9-6-5-7-10-13;/h5-7,9-10H,2-4,8,11-12H2,1H3;1H3. The first-order valence-electron chi connectivity index (χ1n) is 6.18. The van der Waals surface area contributed by atoms with Gasteiger partial charge < -0.3 is 10.9 Å². The zero-order valence-corrected chi connectivity index (χ0v) is 11.0. The van der Waals surface area contributed by atoms with Crippen molar-refractivity contribution in [1.29, 1.82) is 0 Å². The van der Waals surface area contributed by atoms with E-state index in [2.05, 4.69) is 6.92 Å². The van der Waals surface area contributed by atoms with Crippen LogP contribution in [0.1, 0.15) is 38.2 Å². The minimum absolute atomic E-state index is 0. The maximum atomic E-state index is 13.6. The van der Waals surface area contributed by atoms with Crippen LogP contribution in [0.4, 0.5) is 8.78 Å². The molecule has 2 nitrogen and oxygen atoms in total. The largest absolute Gasteiger partial charge is 0.375 e. The summed E-state index contributed by atoms with van der Waals surface area (Å²) in [6, 6.07) is 7.82. The number of hydrogen-bond acceptors (Lipinski definition) is 2. The van der Waals surface area contributed by atoms with E-state index in [0.29, 0.717) is 6.61 Å².